The molecule has 1 nitrogen and oxygen atoms in total. The summed E-state index contributed by atoms with van der Waals surface area (Å²) in [4.78, 5) is 11.6. The summed E-state index contributed by atoms with van der Waals surface area (Å²) in [5, 5.41) is 4.70. The predicted octanol–water partition coefficient (Wildman–Crippen LogP) is 5.59. The average molecular weight is 310 g/mol. The fraction of sp³-hybridized carbons (Fsp3) is 0.0870. The molecule has 0 aromatic heterocycles. The van der Waals surface area contributed by atoms with Crippen LogP contribution < -0.4 is 0 Å². The highest BCUT2D eigenvalue weighted by Crippen LogP contribution is 2.23. The van der Waals surface area contributed by atoms with Gasteiger partial charge in [0.2, 0.25) is 0 Å². The molecule has 1 heteroatoms. The Morgan fingerprint density at radius 2 is 1.38 bits per heavy atom. The van der Waals surface area contributed by atoms with E-state index in [1.165, 1.54) is 16.3 Å². The van der Waals surface area contributed by atoms with Gasteiger partial charge in [-0.1, -0.05) is 78.9 Å². The number of fused-ring (bicyclic) bond motifs is 2. The summed E-state index contributed by atoms with van der Waals surface area (Å²) in [7, 11) is 0. The van der Waals surface area contributed by atoms with Crippen LogP contribution in [0.4, 0.5) is 0 Å². The zero-order valence-corrected chi connectivity index (χ0v) is 13.4. The Labute approximate surface area is 141 Å². The lowest BCUT2D eigenvalue weighted by molar-refractivity contribution is 0.112. The van der Waals surface area contributed by atoms with Gasteiger partial charge in [0, 0.05) is 5.56 Å². The van der Waals surface area contributed by atoms with Gasteiger partial charge in [0.15, 0.2) is 6.29 Å². The van der Waals surface area contributed by atoms with Gasteiger partial charge in [-0.3, -0.25) is 4.79 Å². The Bertz CT molecular complexity index is 1030. The van der Waals surface area contributed by atoms with Crippen molar-refractivity contribution in [3.63, 3.8) is 0 Å². The SMILES string of the molecule is O=Cc1c(CCc2ccc3ccccc3c2)ccc2ccccc12. The fourth-order valence-electron chi connectivity index (χ4n) is 3.37. The Morgan fingerprint density at radius 1 is 0.667 bits per heavy atom. The molecular formula is C23H18O. The average Bonchev–Trinajstić information content (AvgIpc) is 2.65. The van der Waals surface area contributed by atoms with Crippen molar-refractivity contribution in [1.29, 1.82) is 0 Å². The molecule has 0 saturated carbocycles. The van der Waals surface area contributed by atoms with Gasteiger partial charge in [-0.05, 0) is 45.5 Å². The van der Waals surface area contributed by atoms with Gasteiger partial charge in [-0.25, -0.2) is 0 Å². The predicted molar refractivity (Wildman–Crippen MR) is 101 cm³/mol. The van der Waals surface area contributed by atoms with E-state index in [2.05, 4.69) is 60.7 Å². The lowest BCUT2D eigenvalue weighted by Crippen LogP contribution is -1.97. The number of benzene rings is 4. The topological polar surface area (TPSA) is 17.1 Å². The smallest absolute Gasteiger partial charge is 0.150 e. The van der Waals surface area contributed by atoms with Crippen molar-refractivity contribution in [2.45, 2.75) is 12.8 Å². The molecule has 0 N–H and O–H groups in total. The van der Waals surface area contributed by atoms with E-state index >= 15 is 0 Å². The van der Waals surface area contributed by atoms with Crippen LogP contribution in [0.3, 0.4) is 0 Å². The second-order valence-corrected chi connectivity index (χ2v) is 6.16. The number of hydrogen-bond acceptors (Lipinski definition) is 1. The first-order valence-electron chi connectivity index (χ1n) is 8.28. The first-order chi connectivity index (χ1) is 11.8. The third-order valence-electron chi connectivity index (χ3n) is 4.68. The number of aldehydes is 1. The lowest BCUT2D eigenvalue weighted by Gasteiger charge is -2.09. The third kappa shape index (κ3) is 2.69. The van der Waals surface area contributed by atoms with Crippen molar-refractivity contribution in [3.8, 4) is 0 Å². The molecule has 0 radical (unpaired) electrons. The molecule has 0 aliphatic heterocycles. The van der Waals surface area contributed by atoms with Crippen LogP contribution in [0.1, 0.15) is 21.5 Å². The van der Waals surface area contributed by atoms with Crippen LogP contribution in [0.15, 0.2) is 78.9 Å². The summed E-state index contributed by atoms with van der Waals surface area (Å²) in [6.45, 7) is 0. The molecule has 4 aromatic rings. The molecule has 0 spiro atoms. The van der Waals surface area contributed by atoms with E-state index in [4.69, 9.17) is 0 Å². The van der Waals surface area contributed by atoms with Crippen LogP contribution in [0, 0.1) is 0 Å². The maximum absolute atomic E-state index is 11.6. The standard InChI is InChI=1S/C23H18O/c24-16-23-20(14-13-19-6-3-4-8-22(19)23)12-10-17-9-11-18-5-1-2-7-21(18)15-17/h1-9,11,13-16H,10,12H2. The van der Waals surface area contributed by atoms with Gasteiger partial charge in [0.1, 0.15) is 0 Å². The third-order valence-corrected chi connectivity index (χ3v) is 4.68. The monoisotopic (exact) mass is 310 g/mol. The second-order valence-electron chi connectivity index (χ2n) is 6.16. The molecule has 0 fully saturated rings. The number of carbonyl (C=O) groups excluding carboxylic acids is 1. The molecular weight excluding hydrogens is 292 g/mol. The Hall–Kier alpha value is -2.93. The van der Waals surface area contributed by atoms with Crippen LogP contribution >= 0.6 is 0 Å². The molecule has 0 bridgehead atoms. The lowest BCUT2D eigenvalue weighted by atomic mass is 9.95. The molecule has 0 aliphatic rings. The van der Waals surface area contributed by atoms with Crippen LogP contribution in [-0.4, -0.2) is 6.29 Å². The molecule has 0 amide bonds. The number of carbonyl (C=O) groups is 1. The highest BCUT2D eigenvalue weighted by molar-refractivity contribution is 5.99. The van der Waals surface area contributed by atoms with Gasteiger partial charge in [-0.2, -0.15) is 0 Å². The first-order valence-corrected chi connectivity index (χ1v) is 8.28. The van der Waals surface area contributed by atoms with Crippen LogP contribution in [-0.2, 0) is 12.8 Å². The maximum atomic E-state index is 11.6. The minimum absolute atomic E-state index is 0.828. The molecule has 24 heavy (non-hydrogen) atoms. The van der Waals surface area contributed by atoms with Crippen LogP contribution in [0.5, 0.6) is 0 Å². The number of rotatable bonds is 4. The first kappa shape index (κ1) is 14.6. The Balaban J connectivity index is 1.65. The molecule has 0 aliphatic carbocycles. The van der Waals surface area contributed by atoms with Gasteiger partial charge in [0.25, 0.3) is 0 Å². The van der Waals surface area contributed by atoms with Crippen LogP contribution in [0.2, 0.25) is 0 Å². The molecule has 0 saturated heterocycles. The second kappa shape index (κ2) is 6.29. The van der Waals surface area contributed by atoms with E-state index in [0.29, 0.717) is 0 Å². The molecule has 0 unspecified atom stereocenters. The van der Waals surface area contributed by atoms with E-state index in [1.807, 2.05) is 18.2 Å². The summed E-state index contributed by atoms with van der Waals surface area (Å²) in [6, 6.07) is 27.3. The minimum Gasteiger partial charge on any atom is -0.298 e. The summed E-state index contributed by atoms with van der Waals surface area (Å²) >= 11 is 0. The Kier molecular flexibility index (Phi) is 3.84. The van der Waals surface area contributed by atoms with Gasteiger partial charge >= 0.3 is 0 Å². The largest absolute Gasteiger partial charge is 0.298 e. The molecule has 0 atom stereocenters. The zero-order valence-electron chi connectivity index (χ0n) is 13.4. The van der Waals surface area contributed by atoms with Crippen molar-refractivity contribution in [2.24, 2.45) is 0 Å². The normalized spacial score (nSPS) is 11.0. The van der Waals surface area contributed by atoms with E-state index in [9.17, 15) is 4.79 Å². The molecule has 4 aromatic carbocycles. The van der Waals surface area contributed by atoms with Gasteiger partial charge < -0.3 is 0 Å². The number of aryl methyl sites for hydroxylation is 2. The molecule has 116 valence electrons. The highest BCUT2D eigenvalue weighted by Gasteiger charge is 2.07. The van der Waals surface area contributed by atoms with E-state index in [0.717, 1.165) is 41.0 Å². The Morgan fingerprint density at radius 3 is 2.21 bits per heavy atom. The zero-order chi connectivity index (χ0) is 16.4. The van der Waals surface area contributed by atoms with Crippen molar-refractivity contribution in [1.82, 2.24) is 0 Å². The molecule has 0 heterocycles. The fourth-order valence-corrected chi connectivity index (χ4v) is 3.37. The van der Waals surface area contributed by atoms with E-state index in [-0.39, 0.29) is 0 Å². The summed E-state index contributed by atoms with van der Waals surface area (Å²) in [5.41, 5.74) is 3.25. The van der Waals surface area contributed by atoms with Crippen molar-refractivity contribution >= 4 is 27.8 Å². The van der Waals surface area contributed by atoms with Gasteiger partial charge in [0.05, 0.1) is 0 Å². The summed E-state index contributed by atoms with van der Waals surface area (Å²) < 4.78 is 0. The highest BCUT2D eigenvalue weighted by atomic mass is 16.1. The number of hydrogen-bond donors (Lipinski definition) is 0. The van der Waals surface area contributed by atoms with E-state index < -0.39 is 0 Å². The minimum atomic E-state index is 0.828. The van der Waals surface area contributed by atoms with Crippen LogP contribution in [0.25, 0.3) is 21.5 Å². The quantitative estimate of drug-likeness (QED) is 0.449. The van der Waals surface area contributed by atoms with Crippen molar-refractivity contribution in [2.75, 3.05) is 0 Å². The summed E-state index contributed by atoms with van der Waals surface area (Å²) in [6.07, 6.45) is 2.80. The molecule has 4 rings (SSSR count). The summed E-state index contributed by atoms with van der Waals surface area (Å²) in [5.74, 6) is 0. The van der Waals surface area contributed by atoms with Gasteiger partial charge in [-0.15, -0.1) is 0 Å². The van der Waals surface area contributed by atoms with Crippen molar-refractivity contribution in [3.05, 3.63) is 95.6 Å². The van der Waals surface area contributed by atoms with E-state index in [1.54, 1.807) is 0 Å². The van der Waals surface area contributed by atoms with Crippen molar-refractivity contribution < 1.29 is 4.79 Å². The maximum Gasteiger partial charge on any atom is 0.150 e.